The van der Waals surface area contributed by atoms with E-state index in [1.165, 1.54) is 38.1 Å². The second-order valence-corrected chi connectivity index (χ2v) is 6.33. The van der Waals surface area contributed by atoms with E-state index in [4.69, 9.17) is 0 Å². The van der Waals surface area contributed by atoms with E-state index < -0.39 is 35.2 Å². The van der Waals surface area contributed by atoms with Gasteiger partial charge in [0.05, 0.1) is 0 Å². The minimum Gasteiger partial charge on any atom is -0.170 e. The van der Waals surface area contributed by atoms with Crippen LogP contribution in [0.25, 0.3) is 0 Å². The molecule has 0 aromatic heterocycles. The summed E-state index contributed by atoms with van der Waals surface area (Å²) in [5.74, 6) is -2.67. The third-order valence-electron chi connectivity index (χ3n) is 4.53. The van der Waals surface area contributed by atoms with Crippen molar-refractivity contribution < 1.29 is 26.3 Å². The topological polar surface area (TPSA) is 0 Å². The molecule has 0 aliphatic heterocycles. The SMILES string of the molecule is CC1=CC(C)C(C(c2cccc(C)c2)(C(F)(F)F)C(F)(F)F)C=C1. The summed E-state index contributed by atoms with van der Waals surface area (Å²) in [6.07, 6.45) is -7.15. The fourth-order valence-corrected chi connectivity index (χ4v) is 3.49. The Morgan fingerprint density at radius 2 is 1.50 bits per heavy atom. The normalized spacial score (nSPS) is 22.5. The van der Waals surface area contributed by atoms with Crippen LogP contribution in [0.4, 0.5) is 26.3 Å². The van der Waals surface area contributed by atoms with Crippen molar-refractivity contribution in [2.24, 2.45) is 11.8 Å². The van der Waals surface area contributed by atoms with Gasteiger partial charge in [0.1, 0.15) is 0 Å². The lowest BCUT2D eigenvalue weighted by atomic mass is 9.63. The average molecular weight is 348 g/mol. The first-order chi connectivity index (χ1) is 10.9. The van der Waals surface area contributed by atoms with E-state index in [1.807, 2.05) is 0 Å². The van der Waals surface area contributed by atoms with Gasteiger partial charge in [-0.15, -0.1) is 0 Å². The number of hydrogen-bond donors (Lipinski definition) is 0. The predicted octanol–water partition coefficient (Wildman–Crippen LogP) is 6.13. The summed E-state index contributed by atoms with van der Waals surface area (Å²) in [5.41, 5.74) is -3.71. The van der Waals surface area contributed by atoms with Crippen molar-refractivity contribution in [3.8, 4) is 0 Å². The zero-order chi connectivity index (χ0) is 18.3. The number of rotatable bonds is 2. The molecule has 0 N–H and O–H groups in total. The van der Waals surface area contributed by atoms with Gasteiger partial charge in [0, 0.05) is 5.92 Å². The highest BCUT2D eigenvalue weighted by Crippen LogP contribution is 2.59. The Bertz CT molecular complexity index is 649. The number of alkyl halides is 6. The lowest BCUT2D eigenvalue weighted by Gasteiger charge is -2.45. The van der Waals surface area contributed by atoms with Gasteiger partial charge in [-0.2, -0.15) is 26.3 Å². The van der Waals surface area contributed by atoms with Gasteiger partial charge in [-0.05, 0) is 25.3 Å². The molecule has 1 aromatic carbocycles. The van der Waals surface area contributed by atoms with Crippen LogP contribution >= 0.6 is 0 Å². The maximum absolute atomic E-state index is 14.0. The Morgan fingerprint density at radius 3 is 1.96 bits per heavy atom. The molecule has 1 aliphatic rings. The molecule has 0 spiro atoms. The van der Waals surface area contributed by atoms with Crippen LogP contribution in [0.1, 0.15) is 25.0 Å². The maximum Gasteiger partial charge on any atom is 0.407 e. The van der Waals surface area contributed by atoms with Crippen molar-refractivity contribution in [3.63, 3.8) is 0 Å². The minimum atomic E-state index is -5.48. The predicted molar refractivity (Wildman–Crippen MR) is 80.5 cm³/mol. The molecule has 0 radical (unpaired) electrons. The fraction of sp³-hybridized carbons (Fsp3) is 0.444. The van der Waals surface area contributed by atoms with Gasteiger partial charge >= 0.3 is 12.4 Å². The Hall–Kier alpha value is -1.72. The van der Waals surface area contributed by atoms with E-state index in [0.29, 0.717) is 11.1 Å². The van der Waals surface area contributed by atoms with Crippen molar-refractivity contribution in [1.29, 1.82) is 0 Å². The molecular weight excluding hydrogens is 330 g/mol. The van der Waals surface area contributed by atoms with Crippen LogP contribution in [-0.2, 0) is 5.41 Å². The van der Waals surface area contributed by atoms with Gasteiger partial charge in [0.2, 0.25) is 0 Å². The first-order valence-electron chi connectivity index (χ1n) is 7.48. The number of allylic oxidation sites excluding steroid dienone is 4. The highest BCUT2D eigenvalue weighted by molar-refractivity contribution is 5.39. The molecule has 0 nitrogen and oxygen atoms in total. The van der Waals surface area contributed by atoms with Crippen LogP contribution in [0.15, 0.2) is 48.1 Å². The molecule has 0 fully saturated rings. The first-order valence-corrected chi connectivity index (χ1v) is 7.48. The van der Waals surface area contributed by atoms with E-state index in [0.717, 1.165) is 18.2 Å². The van der Waals surface area contributed by atoms with Crippen molar-refractivity contribution in [1.82, 2.24) is 0 Å². The third-order valence-corrected chi connectivity index (χ3v) is 4.53. The van der Waals surface area contributed by atoms with Gasteiger partial charge < -0.3 is 0 Å². The zero-order valence-corrected chi connectivity index (χ0v) is 13.5. The molecule has 2 rings (SSSR count). The van der Waals surface area contributed by atoms with Gasteiger partial charge in [-0.25, -0.2) is 0 Å². The molecule has 2 atom stereocenters. The summed E-state index contributed by atoms with van der Waals surface area (Å²) in [4.78, 5) is 0. The quantitative estimate of drug-likeness (QED) is 0.564. The van der Waals surface area contributed by atoms with E-state index in [9.17, 15) is 26.3 Å². The van der Waals surface area contributed by atoms with Crippen molar-refractivity contribution >= 4 is 0 Å². The van der Waals surface area contributed by atoms with Crippen LogP contribution in [0.2, 0.25) is 0 Å². The Balaban J connectivity index is 2.81. The van der Waals surface area contributed by atoms with Crippen molar-refractivity contribution in [2.75, 3.05) is 0 Å². The molecule has 24 heavy (non-hydrogen) atoms. The smallest absolute Gasteiger partial charge is 0.170 e. The Kier molecular flexibility index (Phi) is 4.63. The molecular formula is C18H18F6. The maximum atomic E-state index is 14.0. The van der Waals surface area contributed by atoms with Gasteiger partial charge in [0.25, 0.3) is 0 Å². The summed E-state index contributed by atoms with van der Waals surface area (Å²) in [7, 11) is 0. The molecule has 0 heterocycles. The lowest BCUT2D eigenvalue weighted by Crippen LogP contribution is -2.59. The molecule has 0 amide bonds. The summed E-state index contributed by atoms with van der Waals surface area (Å²) < 4.78 is 83.8. The van der Waals surface area contributed by atoms with E-state index >= 15 is 0 Å². The molecule has 132 valence electrons. The first kappa shape index (κ1) is 18.6. The van der Waals surface area contributed by atoms with Crippen LogP contribution in [0.3, 0.4) is 0 Å². The van der Waals surface area contributed by atoms with Gasteiger partial charge in [-0.1, -0.05) is 60.6 Å². The fourth-order valence-electron chi connectivity index (χ4n) is 3.49. The van der Waals surface area contributed by atoms with Crippen molar-refractivity contribution in [3.05, 3.63) is 59.2 Å². The minimum absolute atomic E-state index is 0.351. The monoisotopic (exact) mass is 348 g/mol. The number of aryl methyl sites for hydroxylation is 1. The largest absolute Gasteiger partial charge is 0.407 e. The summed E-state index contributed by atoms with van der Waals surface area (Å²) in [6, 6.07) is 4.60. The standard InChI is InChI=1S/C18H18F6/c1-11-5-4-6-14(10-11)16(17(19,20)21,18(22,23)24)15-8-7-12(2)9-13(15)3/h4-10,13,15H,1-3H3. The second kappa shape index (κ2) is 5.97. The number of hydrogen-bond acceptors (Lipinski definition) is 0. The third kappa shape index (κ3) is 2.87. The van der Waals surface area contributed by atoms with E-state index in [2.05, 4.69) is 0 Å². The zero-order valence-electron chi connectivity index (χ0n) is 13.5. The molecule has 0 bridgehead atoms. The Labute approximate surface area is 136 Å². The van der Waals surface area contributed by atoms with Crippen LogP contribution in [0.5, 0.6) is 0 Å². The summed E-state index contributed by atoms with van der Waals surface area (Å²) in [6.45, 7) is 4.52. The van der Waals surface area contributed by atoms with Crippen LogP contribution in [0, 0.1) is 18.8 Å². The van der Waals surface area contributed by atoms with Gasteiger partial charge in [0.15, 0.2) is 5.41 Å². The summed E-state index contributed by atoms with van der Waals surface area (Å²) in [5, 5.41) is 0. The number of benzene rings is 1. The molecule has 2 unspecified atom stereocenters. The highest BCUT2D eigenvalue weighted by Gasteiger charge is 2.74. The van der Waals surface area contributed by atoms with Crippen LogP contribution < -0.4 is 0 Å². The van der Waals surface area contributed by atoms with E-state index in [1.54, 1.807) is 6.92 Å². The number of halogens is 6. The molecule has 6 heteroatoms. The molecule has 0 saturated heterocycles. The average Bonchev–Trinajstić information content (AvgIpc) is 2.39. The summed E-state index contributed by atoms with van der Waals surface area (Å²) >= 11 is 0. The van der Waals surface area contributed by atoms with Crippen LogP contribution in [-0.4, -0.2) is 12.4 Å². The lowest BCUT2D eigenvalue weighted by molar-refractivity contribution is -0.317. The van der Waals surface area contributed by atoms with E-state index in [-0.39, 0.29) is 0 Å². The highest BCUT2D eigenvalue weighted by atomic mass is 19.4. The second-order valence-electron chi connectivity index (χ2n) is 6.33. The Morgan fingerprint density at radius 1 is 0.917 bits per heavy atom. The van der Waals surface area contributed by atoms with Crippen molar-refractivity contribution in [2.45, 2.75) is 38.5 Å². The van der Waals surface area contributed by atoms with Gasteiger partial charge in [-0.3, -0.25) is 0 Å². The molecule has 1 aromatic rings. The molecule has 1 aliphatic carbocycles. The molecule has 0 saturated carbocycles.